The molecular weight excluding hydrogens is 292 g/mol. The summed E-state index contributed by atoms with van der Waals surface area (Å²) < 4.78 is 51.9. The number of carboxylic acids is 1. The van der Waals surface area contributed by atoms with Crippen LogP contribution < -0.4 is 4.72 Å². The Kier molecular flexibility index (Phi) is 5.18. The number of carbonyl (C=O) groups is 1. The van der Waals surface area contributed by atoms with Crippen LogP contribution in [0.1, 0.15) is 20.3 Å². The van der Waals surface area contributed by atoms with E-state index in [-0.39, 0.29) is 0 Å². The molecular formula is C12H15F2NO4S. The van der Waals surface area contributed by atoms with Gasteiger partial charge in [-0.05, 0) is 18.1 Å². The van der Waals surface area contributed by atoms with Crippen molar-refractivity contribution in [3.63, 3.8) is 0 Å². The van der Waals surface area contributed by atoms with E-state index in [2.05, 4.69) is 0 Å². The fourth-order valence-electron chi connectivity index (χ4n) is 1.56. The maximum absolute atomic E-state index is 13.0. The highest BCUT2D eigenvalue weighted by atomic mass is 32.2. The van der Waals surface area contributed by atoms with Gasteiger partial charge in [0.1, 0.15) is 17.7 Å². The second kappa shape index (κ2) is 6.27. The van der Waals surface area contributed by atoms with Crippen LogP contribution in [0.15, 0.2) is 23.1 Å². The molecule has 0 fully saturated rings. The van der Waals surface area contributed by atoms with Crippen molar-refractivity contribution >= 4 is 16.0 Å². The highest BCUT2D eigenvalue weighted by molar-refractivity contribution is 7.89. The van der Waals surface area contributed by atoms with E-state index in [0.29, 0.717) is 24.6 Å². The van der Waals surface area contributed by atoms with Gasteiger partial charge in [-0.1, -0.05) is 20.3 Å². The van der Waals surface area contributed by atoms with Crippen LogP contribution in [0.3, 0.4) is 0 Å². The molecule has 5 nitrogen and oxygen atoms in total. The van der Waals surface area contributed by atoms with Crippen molar-refractivity contribution in [2.45, 2.75) is 31.2 Å². The zero-order valence-electron chi connectivity index (χ0n) is 10.9. The molecule has 1 rings (SSSR count). The molecule has 1 aromatic rings. The van der Waals surface area contributed by atoms with Gasteiger partial charge in [-0.25, -0.2) is 17.2 Å². The number of aliphatic carboxylic acids is 1. The van der Waals surface area contributed by atoms with Gasteiger partial charge in [0, 0.05) is 6.07 Å². The summed E-state index contributed by atoms with van der Waals surface area (Å²) in [6, 6.07) is 0.417. The number of sulfonamides is 1. The Morgan fingerprint density at radius 3 is 2.20 bits per heavy atom. The third-order valence-electron chi connectivity index (χ3n) is 2.91. The first kappa shape index (κ1) is 16.5. The molecule has 0 spiro atoms. The Bertz CT molecular complexity index is 583. The smallest absolute Gasteiger partial charge is 0.322 e. The van der Waals surface area contributed by atoms with Gasteiger partial charge in [0.25, 0.3) is 0 Å². The molecule has 0 aliphatic rings. The number of benzene rings is 1. The number of hydrogen-bond donors (Lipinski definition) is 2. The second-order valence-corrected chi connectivity index (χ2v) is 6.14. The number of halogens is 2. The summed E-state index contributed by atoms with van der Waals surface area (Å²) in [6.07, 6.45) is 0.428. The maximum Gasteiger partial charge on any atom is 0.322 e. The van der Waals surface area contributed by atoms with Crippen molar-refractivity contribution in [2.75, 3.05) is 0 Å². The Hall–Kier alpha value is -1.54. The summed E-state index contributed by atoms with van der Waals surface area (Å²) in [7, 11) is -4.32. The lowest BCUT2D eigenvalue weighted by Crippen LogP contribution is -2.44. The third kappa shape index (κ3) is 3.97. The second-order valence-electron chi connectivity index (χ2n) is 4.43. The number of rotatable bonds is 6. The molecule has 0 saturated carbocycles. The zero-order chi connectivity index (χ0) is 15.5. The van der Waals surface area contributed by atoms with Gasteiger partial charge in [0.05, 0.1) is 4.90 Å². The van der Waals surface area contributed by atoms with Crippen LogP contribution in [0.2, 0.25) is 0 Å². The van der Waals surface area contributed by atoms with Crippen molar-refractivity contribution in [1.29, 1.82) is 0 Å². The minimum absolute atomic E-state index is 0.428. The van der Waals surface area contributed by atoms with Gasteiger partial charge in [-0.2, -0.15) is 4.72 Å². The van der Waals surface area contributed by atoms with E-state index >= 15 is 0 Å². The van der Waals surface area contributed by atoms with E-state index in [1.807, 2.05) is 4.72 Å². The van der Waals surface area contributed by atoms with Crippen LogP contribution in [0.25, 0.3) is 0 Å². The van der Waals surface area contributed by atoms with E-state index < -0.39 is 44.5 Å². The van der Waals surface area contributed by atoms with Crippen LogP contribution in [-0.4, -0.2) is 25.5 Å². The van der Waals surface area contributed by atoms with E-state index in [0.717, 1.165) is 0 Å². The largest absolute Gasteiger partial charge is 0.480 e. The summed E-state index contributed by atoms with van der Waals surface area (Å²) in [5.41, 5.74) is 0. The first-order valence-corrected chi connectivity index (χ1v) is 7.37. The fraction of sp³-hybridized carbons (Fsp3) is 0.417. The molecule has 1 aromatic carbocycles. The SMILES string of the molecule is CCC(C)[C@H](NS(=O)(=O)c1cc(F)cc(F)c1)C(=O)O. The Labute approximate surface area is 115 Å². The Morgan fingerprint density at radius 1 is 1.30 bits per heavy atom. The van der Waals surface area contributed by atoms with Gasteiger partial charge in [0.2, 0.25) is 10.0 Å². The first-order valence-electron chi connectivity index (χ1n) is 5.88. The van der Waals surface area contributed by atoms with Gasteiger partial charge in [-0.3, -0.25) is 4.79 Å². The van der Waals surface area contributed by atoms with Gasteiger partial charge >= 0.3 is 5.97 Å². The van der Waals surface area contributed by atoms with Crippen molar-refractivity contribution in [3.05, 3.63) is 29.8 Å². The van der Waals surface area contributed by atoms with Crippen LogP contribution in [0.5, 0.6) is 0 Å². The highest BCUT2D eigenvalue weighted by Crippen LogP contribution is 2.16. The van der Waals surface area contributed by atoms with E-state index in [4.69, 9.17) is 5.11 Å². The van der Waals surface area contributed by atoms with Crippen LogP contribution in [0.4, 0.5) is 8.78 Å². The van der Waals surface area contributed by atoms with Crippen molar-refractivity contribution in [1.82, 2.24) is 4.72 Å². The first-order chi connectivity index (χ1) is 9.17. The molecule has 8 heteroatoms. The van der Waals surface area contributed by atoms with E-state index in [9.17, 15) is 22.0 Å². The van der Waals surface area contributed by atoms with Crippen molar-refractivity contribution in [3.8, 4) is 0 Å². The topological polar surface area (TPSA) is 83.5 Å². The summed E-state index contributed by atoms with van der Waals surface area (Å²) in [5, 5.41) is 9.02. The van der Waals surface area contributed by atoms with Gasteiger partial charge in [-0.15, -0.1) is 0 Å². The summed E-state index contributed by atoms with van der Waals surface area (Å²) in [6.45, 7) is 3.27. The Morgan fingerprint density at radius 2 is 1.80 bits per heavy atom. The molecule has 0 aliphatic carbocycles. The summed E-state index contributed by atoms with van der Waals surface area (Å²) in [4.78, 5) is 10.4. The molecule has 0 aromatic heterocycles. The monoisotopic (exact) mass is 307 g/mol. The quantitative estimate of drug-likeness (QED) is 0.838. The highest BCUT2D eigenvalue weighted by Gasteiger charge is 2.29. The lowest BCUT2D eigenvalue weighted by atomic mass is 10.0. The molecule has 2 atom stereocenters. The average Bonchev–Trinajstić information content (AvgIpc) is 2.33. The lowest BCUT2D eigenvalue weighted by molar-refractivity contribution is -0.140. The van der Waals surface area contributed by atoms with Crippen LogP contribution in [-0.2, 0) is 14.8 Å². The third-order valence-corrected chi connectivity index (χ3v) is 4.33. The van der Waals surface area contributed by atoms with E-state index in [1.54, 1.807) is 13.8 Å². The van der Waals surface area contributed by atoms with Gasteiger partial charge < -0.3 is 5.11 Å². The zero-order valence-corrected chi connectivity index (χ0v) is 11.7. The fourth-order valence-corrected chi connectivity index (χ4v) is 2.90. The number of nitrogens with one attached hydrogen (secondary N) is 1. The molecule has 112 valence electrons. The standard InChI is InChI=1S/C12H15F2NO4S/c1-3-7(2)11(12(16)17)15-20(18,19)10-5-8(13)4-9(14)6-10/h4-7,11,15H,3H2,1-2H3,(H,16,17)/t7?,11-/m0/s1. The summed E-state index contributed by atoms with van der Waals surface area (Å²) in [5.74, 6) is -3.93. The normalized spacial score (nSPS) is 14.8. The maximum atomic E-state index is 13.0. The Balaban J connectivity index is 3.13. The lowest BCUT2D eigenvalue weighted by Gasteiger charge is -2.20. The van der Waals surface area contributed by atoms with E-state index in [1.165, 1.54) is 0 Å². The molecule has 0 heterocycles. The minimum atomic E-state index is -4.32. The number of carboxylic acid groups (broad SMARTS) is 1. The molecule has 0 amide bonds. The molecule has 0 aliphatic heterocycles. The van der Waals surface area contributed by atoms with Crippen molar-refractivity contribution < 1.29 is 27.1 Å². The summed E-state index contributed by atoms with van der Waals surface area (Å²) >= 11 is 0. The molecule has 1 unspecified atom stereocenters. The number of hydrogen-bond acceptors (Lipinski definition) is 3. The van der Waals surface area contributed by atoms with Crippen LogP contribution >= 0.6 is 0 Å². The molecule has 20 heavy (non-hydrogen) atoms. The average molecular weight is 307 g/mol. The molecule has 0 bridgehead atoms. The molecule has 0 radical (unpaired) electrons. The van der Waals surface area contributed by atoms with Crippen LogP contribution in [0, 0.1) is 17.6 Å². The predicted molar refractivity (Wildman–Crippen MR) is 67.6 cm³/mol. The molecule has 2 N–H and O–H groups in total. The van der Waals surface area contributed by atoms with Gasteiger partial charge in [0.15, 0.2) is 0 Å². The minimum Gasteiger partial charge on any atom is -0.480 e. The van der Waals surface area contributed by atoms with Crippen molar-refractivity contribution in [2.24, 2.45) is 5.92 Å². The molecule has 0 saturated heterocycles. The predicted octanol–water partition coefficient (Wildman–Crippen LogP) is 1.74.